The Hall–Kier alpha value is -5.92. The Bertz CT molecular complexity index is 2900. The average molecular weight is 628 g/mol. The highest BCUT2D eigenvalue weighted by molar-refractivity contribution is 7.20. The van der Waals surface area contributed by atoms with Crippen LogP contribution in [0.4, 0.5) is 0 Å². The largest absolute Gasteiger partial charge is 0.423 e. The van der Waals surface area contributed by atoms with Crippen LogP contribution in [0.2, 0.25) is 0 Å². The van der Waals surface area contributed by atoms with E-state index in [-0.39, 0.29) is 5.56 Å². The van der Waals surface area contributed by atoms with Gasteiger partial charge in [-0.1, -0.05) is 97.1 Å². The van der Waals surface area contributed by atoms with E-state index in [2.05, 4.69) is 78.1 Å². The number of hydrogen-bond donors (Lipinski definition) is 0. The van der Waals surface area contributed by atoms with Gasteiger partial charge in [-0.2, -0.15) is 9.97 Å². The molecular weight excluding hydrogens is 597 g/mol. The van der Waals surface area contributed by atoms with Crippen molar-refractivity contribution in [3.8, 4) is 0 Å². The topological polar surface area (TPSA) is 60.9 Å². The molecular formula is C40H28N4O2Si. The SMILES string of the molecule is [2H]C([2H])([2H])c1cc([Si](c2ccccc2)(c2ccccc2)c2cc(C)c3nc4oc5ccccc5n4c3c2)cc2c1nc1oc3ccccc3n12. The molecule has 7 heteroatoms. The highest BCUT2D eigenvalue weighted by Crippen LogP contribution is 2.30. The minimum Gasteiger partial charge on any atom is -0.423 e. The van der Waals surface area contributed by atoms with Crippen LogP contribution in [0, 0.1) is 13.8 Å². The maximum Gasteiger partial charge on any atom is 0.307 e. The summed E-state index contributed by atoms with van der Waals surface area (Å²) in [5.41, 5.74) is 7.33. The maximum absolute atomic E-state index is 8.78. The first kappa shape index (κ1) is 23.4. The summed E-state index contributed by atoms with van der Waals surface area (Å²) in [5.74, 6) is 0.897. The van der Waals surface area contributed by atoms with Crippen LogP contribution in [-0.4, -0.2) is 26.8 Å². The van der Waals surface area contributed by atoms with E-state index >= 15 is 0 Å². The van der Waals surface area contributed by atoms with Gasteiger partial charge in [-0.15, -0.1) is 0 Å². The Labute approximate surface area is 274 Å². The van der Waals surface area contributed by atoms with E-state index < -0.39 is 14.9 Å². The second-order valence-corrected chi connectivity index (χ2v) is 15.9. The Morgan fingerprint density at radius 2 is 0.957 bits per heavy atom. The first-order valence-electron chi connectivity index (χ1n) is 17.1. The minimum atomic E-state index is -3.29. The van der Waals surface area contributed by atoms with Crippen molar-refractivity contribution < 1.29 is 12.9 Å². The van der Waals surface area contributed by atoms with E-state index in [9.17, 15) is 0 Å². The normalized spacial score (nSPS) is 13.7. The zero-order valence-electron chi connectivity index (χ0n) is 28.3. The number of nitrogens with zero attached hydrogens (tertiary/aromatic N) is 4. The number of hydrogen-bond acceptors (Lipinski definition) is 4. The van der Waals surface area contributed by atoms with E-state index in [1.807, 2.05) is 71.1 Å². The zero-order valence-corrected chi connectivity index (χ0v) is 26.3. The standard InChI is InChI=1S/C40H28N4O2Si/c1-25-21-29(23-33-37(25)41-39-43(33)31-17-9-11-19-35(31)45-39)47(27-13-5-3-6-14-27,28-15-7-4-8-16-28)30-22-26(2)38-34(24-30)44-32-18-10-12-20-36(32)46-40(44)42-38/h3-24H,1-2H3/i1D3. The molecule has 4 aromatic heterocycles. The van der Waals surface area contributed by atoms with Crippen molar-refractivity contribution in [1.82, 2.24) is 18.8 Å². The summed E-state index contributed by atoms with van der Waals surface area (Å²) < 4.78 is 42.8. The second kappa shape index (κ2) is 9.54. The second-order valence-electron chi connectivity index (χ2n) is 12.1. The van der Waals surface area contributed by atoms with Gasteiger partial charge in [0.1, 0.15) is 0 Å². The number of benzene rings is 6. The summed E-state index contributed by atoms with van der Waals surface area (Å²) in [6.45, 7) is -0.352. The lowest BCUT2D eigenvalue weighted by Crippen LogP contribution is -2.74. The molecule has 6 aromatic carbocycles. The quantitative estimate of drug-likeness (QED) is 0.160. The third-order valence-electron chi connectivity index (χ3n) is 9.54. The number of imidazole rings is 2. The molecule has 6 nitrogen and oxygen atoms in total. The molecule has 0 spiro atoms. The van der Waals surface area contributed by atoms with Crippen LogP contribution < -0.4 is 20.7 Å². The molecule has 0 saturated carbocycles. The van der Waals surface area contributed by atoms with Gasteiger partial charge in [-0.25, -0.2) is 0 Å². The predicted octanol–water partition coefficient (Wildman–Crippen LogP) is 6.78. The molecule has 0 bridgehead atoms. The molecule has 10 rings (SSSR count). The van der Waals surface area contributed by atoms with Gasteiger partial charge in [0.2, 0.25) is 0 Å². The first-order chi connectivity index (χ1) is 24.3. The molecule has 0 aliphatic carbocycles. The lowest BCUT2D eigenvalue weighted by atomic mass is 10.2. The number of para-hydroxylation sites is 4. The third kappa shape index (κ3) is 3.54. The minimum absolute atomic E-state index is 0.196. The molecule has 0 saturated heterocycles. The van der Waals surface area contributed by atoms with Crippen LogP contribution in [0.5, 0.6) is 0 Å². The van der Waals surface area contributed by atoms with Crippen molar-refractivity contribution in [3.05, 3.63) is 145 Å². The molecule has 0 amide bonds. The van der Waals surface area contributed by atoms with Gasteiger partial charge in [-0.05, 0) is 82.0 Å². The summed E-state index contributed by atoms with van der Waals surface area (Å²) >= 11 is 0. The Morgan fingerprint density at radius 1 is 0.511 bits per heavy atom. The summed E-state index contributed by atoms with van der Waals surface area (Å²) in [6, 6.07) is 45.3. The van der Waals surface area contributed by atoms with Crippen LogP contribution in [0.25, 0.3) is 56.0 Å². The fraction of sp³-hybridized carbons (Fsp3) is 0.0500. The van der Waals surface area contributed by atoms with Crippen molar-refractivity contribution in [2.45, 2.75) is 13.8 Å². The average Bonchev–Trinajstić information content (AvgIpc) is 3.87. The van der Waals surface area contributed by atoms with Crippen molar-refractivity contribution in [2.24, 2.45) is 0 Å². The van der Waals surface area contributed by atoms with Crippen molar-refractivity contribution in [1.29, 1.82) is 0 Å². The number of aromatic nitrogens is 4. The molecule has 4 heterocycles. The molecule has 0 radical (unpaired) electrons. The monoisotopic (exact) mass is 627 g/mol. The summed E-state index contributed by atoms with van der Waals surface area (Å²) in [7, 11) is -3.29. The number of aryl methyl sites for hydroxylation is 2. The van der Waals surface area contributed by atoms with Gasteiger partial charge in [0, 0.05) is 4.11 Å². The fourth-order valence-corrected chi connectivity index (χ4v) is 12.4. The van der Waals surface area contributed by atoms with Crippen LogP contribution in [0.3, 0.4) is 0 Å². The zero-order chi connectivity index (χ0) is 33.8. The van der Waals surface area contributed by atoms with Crippen LogP contribution in [0.1, 0.15) is 15.2 Å². The van der Waals surface area contributed by atoms with Gasteiger partial charge >= 0.3 is 11.7 Å². The van der Waals surface area contributed by atoms with Crippen molar-refractivity contribution >= 4 is 84.8 Å². The third-order valence-corrected chi connectivity index (χ3v) is 14.3. The van der Waals surface area contributed by atoms with Crippen molar-refractivity contribution in [2.75, 3.05) is 0 Å². The summed E-state index contributed by atoms with van der Waals surface area (Å²) in [4.78, 5) is 9.74. The Morgan fingerprint density at radius 3 is 1.47 bits per heavy atom. The molecule has 224 valence electrons. The van der Waals surface area contributed by atoms with Gasteiger partial charge in [0.15, 0.2) is 19.2 Å². The van der Waals surface area contributed by atoms with E-state index in [4.69, 9.17) is 22.9 Å². The van der Waals surface area contributed by atoms with E-state index in [1.165, 1.54) is 0 Å². The number of rotatable bonds is 4. The van der Waals surface area contributed by atoms with Crippen LogP contribution in [-0.2, 0) is 0 Å². The van der Waals surface area contributed by atoms with Gasteiger partial charge in [-0.3, -0.25) is 8.80 Å². The van der Waals surface area contributed by atoms with Gasteiger partial charge in [0.05, 0.1) is 33.1 Å². The molecule has 47 heavy (non-hydrogen) atoms. The highest BCUT2D eigenvalue weighted by atomic mass is 28.3. The molecule has 0 atom stereocenters. The fourth-order valence-electron chi connectivity index (χ4n) is 7.55. The van der Waals surface area contributed by atoms with Gasteiger partial charge < -0.3 is 8.83 Å². The Balaban J connectivity index is 1.41. The van der Waals surface area contributed by atoms with Crippen LogP contribution in [0.15, 0.2) is 142 Å². The Kier molecular flexibility index (Phi) is 4.76. The highest BCUT2D eigenvalue weighted by Gasteiger charge is 2.43. The molecule has 0 aliphatic heterocycles. The maximum atomic E-state index is 8.78. The predicted molar refractivity (Wildman–Crippen MR) is 192 cm³/mol. The summed E-state index contributed by atoms with van der Waals surface area (Å²) in [5, 5.41) is 4.27. The lowest BCUT2D eigenvalue weighted by molar-refractivity contribution is 0.642. The molecule has 0 N–H and O–H groups in total. The van der Waals surface area contributed by atoms with E-state index in [1.54, 1.807) is 0 Å². The molecule has 10 aromatic rings. The van der Waals surface area contributed by atoms with Gasteiger partial charge in [0.25, 0.3) is 0 Å². The summed E-state index contributed by atoms with van der Waals surface area (Å²) in [6.07, 6.45) is 0. The first-order valence-corrected chi connectivity index (χ1v) is 17.6. The number of oxazole rings is 2. The number of fused-ring (bicyclic) bond motifs is 10. The molecule has 0 aliphatic rings. The van der Waals surface area contributed by atoms with Crippen molar-refractivity contribution in [3.63, 3.8) is 0 Å². The smallest absolute Gasteiger partial charge is 0.307 e. The van der Waals surface area contributed by atoms with E-state index in [0.717, 1.165) is 54.0 Å². The molecule has 0 unspecified atom stereocenters. The lowest BCUT2D eigenvalue weighted by Gasteiger charge is -2.35. The van der Waals surface area contributed by atoms with Crippen LogP contribution >= 0.6 is 0 Å². The van der Waals surface area contributed by atoms with E-state index in [0.29, 0.717) is 28.3 Å². The molecule has 0 fully saturated rings.